The summed E-state index contributed by atoms with van der Waals surface area (Å²) in [6.45, 7) is 0. The van der Waals surface area contributed by atoms with Crippen LogP contribution in [-0.4, -0.2) is 22.9 Å². The van der Waals surface area contributed by atoms with E-state index < -0.39 is 0 Å². The molecule has 3 nitrogen and oxygen atoms in total. The van der Waals surface area contributed by atoms with Crippen molar-refractivity contribution in [3.05, 3.63) is 72.1 Å². The van der Waals surface area contributed by atoms with Crippen LogP contribution in [0.15, 0.2) is 60.7 Å². The molecular formula is C20H18FNO2. The average Bonchev–Trinajstić information content (AvgIpc) is 2.85. The Kier molecular flexibility index (Phi) is 3.81. The summed E-state index contributed by atoms with van der Waals surface area (Å²) in [7, 11) is 0. The summed E-state index contributed by atoms with van der Waals surface area (Å²) >= 11 is 0. The molecule has 0 aliphatic carbocycles. The van der Waals surface area contributed by atoms with Crippen LogP contribution in [0.3, 0.4) is 0 Å². The zero-order valence-electron chi connectivity index (χ0n) is 13.2. The van der Waals surface area contributed by atoms with Crippen LogP contribution in [0.2, 0.25) is 0 Å². The Balaban J connectivity index is 1.55. The summed E-state index contributed by atoms with van der Waals surface area (Å²) in [5.74, 6) is 0.866. The standard InChI is InChI=1S/C20H18FNO2/c21-15-7-11-18(12-8-15)24-19-6-1-3-14(13-19)20(23)22-16-4-2-5-17(22)10-9-16/h1-4,6-8,11-13,16-17H,5,9-10H2. The summed E-state index contributed by atoms with van der Waals surface area (Å²) < 4.78 is 18.7. The molecule has 2 bridgehead atoms. The highest BCUT2D eigenvalue weighted by Gasteiger charge is 2.37. The normalized spacial score (nSPS) is 21.8. The Morgan fingerprint density at radius 1 is 1.08 bits per heavy atom. The number of ether oxygens (including phenoxy) is 1. The lowest BCUT2D eigenvalue weighted by Crippen LogP contribution is -2.42. The third-order valence-corrected chi connectivity index (χ3v) is 4.68. The molecule has 4 rings (SSSR count). The molecule has 2 aliphatic heterocycles. The van der Waals surface area contributed by atoms with E-state index >= 15 is 0 Å². The summed E-state index contributed by atoms with van der Waals surface area (Å²) in [6.07, 6.45) is 7.36. The van der Waals surface area contributed by atoms with Gasteiger partial charge in [-0.3, -0.25) is 4.79 Å². The lowest BCUT2D eigenvalue weighted by molar-refractivity contribution is 0.0688. The zero-order valence-corrected chi connectivity index (χ0v) is 13.2. The van der Waals surface area contributed by atoms with Gasteiger partial charge < -0.3 is 9.64 Å². The summed E-state index contributed by atoms with van der Waals surface area (Å²) in [4.78, 5) is 14.9. The largest absolute Gasteiger partial charge is 0.457 e. The molecular weight excluding hydrogens is 305 g/mol. The molecule has 0 aromatic heterocycles. The number of carbonyl (C=O) groups is 1. The van der Waals surface area contributed by atoms with Crippen LogP contribution < -0.4 is 4.74 Å². The minimum atomic E-state index is -0.306. The Hall–Kier alpha value is -2.62. The van der Waals surface area contributed by atoms with Gasteiger partial charge in [0.15, 0.2) is 0 Å². The van der Waals surface area contributed by atoms with Gasteiger partial charge in [0.1, 0.15) is 17.3 Å². The van der Waals surface area contributed by atoms with Crippen molar-refractivity contribution in [1.29, 1.82) is 0 Å². The topological polar surface area (TPSA) is 29.5 Å². The predicted molar refractivity (Wildman–Crippen MR) is 89.7 cm³/mol. The fourth-order valence-corrected chi connectivity index (χ4v) is 3.52. The molecule has 2 atom stereocenters. The lowest BCUT2D eigenvalue weighted by Gasteiger charge is -2.31. The number of hydrogen-bond acceptors (Lipinski definition) is 2. The van der Waals surface area contributed by atoms with Gasteiger partial charge in [0.05, 0.1) is 6.04 Å². The zero-order chi connectivity index (χ0) is 16.5. The monoisotopic (exact) mass is 323 g/mol. The molecule has 2 aromatic carbocycles. The van der Waals surface area contributed by atoms with E-state index in [-0.39, 0.29) is 17.8 Å². The van der Waals surface area contributed by atoms with Gasteiger partial charge in [0.2, 0.25) is 0 Å². The van der Waals surface area contributed by atoms with Crippen molar-refractivity contribution in [3.63, 3.8) is 0 Å². The van der Waals surface area contributed by atoms with Crippen LogP contribution in [-0.2, 0) is 0 Å². The van der Waals surface area contributed by atoms with Crippen molar-refractivity contribution in [1.82, 2.24) is 4.90 Å². The first-order valence-electron chi connectivity index (χ1n) is 8.23. The maximum Gasteiger partial charge on any atom is 0.254 e. The van der Waals surface area contributed by atoms with Crippen LogP contribution >= 0.6 is 0 Å². The minimum absolute atomic E-state index is 0.0522. The molecule has 2 aromatic rings. The highest BCUT2D eigenvalue weighted by atomic mass is 19.1. The predicted octanol–water partition coefficient (Wildman–Crippen LogP) is 4.55. The molecule has 122 valence electrons. The quantitative estimate of drug-likeness (QED) is 0.776. The Labute approximate surface area is 140 Å². The molecule has 24 heavy (non-hydrogen) atoms. The molecule has 0 radical (unpaired) electrons. The smallest absolute Gasteiger partial charge is 0.254 e. The van der Waals surface area contributed by atoms with Crippen molar-refractivity contribution in [2.45, 2.75) is 31.3 Å². The second kappa shape index (κ2) is 6.11. The van der Waals surface area contributed by atoms with E-state index in [1.54, 1.807) is 24.3 Å². The van der Waals surface area contributed by atoms with E-state index in [1.807, 2.05) is 17.0 Å². The number of carbonyl (C=O) groups excluding carboxylic acids is 1. The molecule has 1 fully saturated rings. The number of fused-ring (bicyclic) bond motifs is 2. The maximum absolute atomic E-state index is 13.0. The van der Waals surface area contributed by atoms with Crippen molar-refractivity contribution in [2.24, 2.45) is 0 Å². The summed E-state index contributed by atoms with van der Waals surface area (Å²) in [5, 5.41) is 0. The van der Waals surface area contributed by atoms with Crippen LogP contribution in [0, 0.1) is 5.82 Å². The molecule has 0 saturated carbocycles. The van der Waals surface area contributed by atoms with Gasteiger partial charge in [-0.25, -0.2) is 4.39 Å². The van der Waals surface area contributed by atoms with Gasteiger partial charge in [-0.15, -0.1) is 0 Å². The molecule has 2 aliphatic rings. The number of halogens is 1. The van der Waals surface area contributed by atoms with Crippen molar-refractivity contribution in [2.75, 3.05) is 0 Å². The summed E-state index contributed by atoms with van der Waals surface area (Å²) in [6, 6.07) is 13.6. The maximum atomic E-state index is 13.0. The Bertz CT molecular complexity index is 784. The molecule has 0 spiro atoms. The first-order chi connectivity index (χ1) is 11.7. The molecule has 0 N–H and O–H groups in total. The van der Waals surface area contributed by atoms with Gasteiger partial charge in [0.25, 0.3) is 5.91 Å². The number of benzene rings is 2. The van der Waals surface area contributed by atoms with Crippen LogP contribution in [0.4, 0.5) is 4.39 Å². The van der Waals surface area contributed by atoms with E-state index in [9.17, 15) is 9.18 Å². The van der Waals surface area contributed by atoms with Gasteiger partial charge in [0, 0.05) is 11.6 Å². The minimum Gasteiger partial charge on any atom is -0.457 e. The molecule has 2 heterocycles. The van der Waals surface area contributed by atoms with Crippen LogP contribution in [0.5, 0.6) is 11.5 Å². The van der Waals surface area contributed by atoms with Crippen LogP contribution in [0.25, 0.3) is 0 Å². The molecule has 1 amide bonds. The third kappa shape index (κ3) is 2.80. The van der Waals surface area contributed by atoms with Crippen molar-refractivity contribution < 1.29 is 13.9 Å². The van der Waals surface area contributed by atoms with E-state index in [0.717, 1.165) is 19.3 Å². The second-order valence-corrected chi connectivity index (χ2v) is 6.26. The van der Waals surface area contributed by atoms with Gasteiger partial charge >= 0.3 is 0 Å². The van der Waals surface area contributed by atoms with Crippen molar-refractivity contribution >= 4 is 5.91 Å². The average molecular weight is 323 g/mol. The Morgan fingerprint density at radius 2 is 1.92 bits per heavy atom. The van der Waals surface area contributed by atoms with Crippen molar-refractivity contribution in [3.8, 4) is 11.5 Å². The van der Waals surface area contributed by atoms with E-state index in [4.69, 9.17) is 4.74 Å². The number of rotatable bonds is 3. The number of nitrogens with zero attached hydrogens (tertiary/aromatic N) is 1. The number of hydrogen-bond donors (Lipinski definition) is 0. The first kappa shape index (κ1) is 14.9. The Morgan fingerprint density at radius 3 is 2.71 bits per heavy atom. The van der Waals surface area contributed by atoms with E-state index in [0.29, 0.717) is 23.1 Å². The van der Waals surface area contributed by atoms with Gasteiger partial charge in [-0.2, -0.15) is 0 Å². The van der Waals surface area contributed by atoms with Gasteiger partial charge in [-0.1, -0.05) is 18.2 Å². The fourth-order valence-electron chi connectivity index (χ4n) is 3.52. The SMILES string of the molecule is O=C(c1cccc(Oc2ccc(F)cc2)c1)N1C2C=CCC1CC2. The number of amides is 1. The summed E-state index contributed by atoms with van der Waals surface area (Å²) in [5.41, 5.74) is 0.627. The third-order valence-electron chi connectivity index (χ3n) is 4.68. The molecule has 1 saturated heterocycles. The van der Waals surface area contributed by atoms with E-state index in [2.05, 4.69) is 12.2 Å². The van der Waals surface area contributed by atoms with Crippen LogP contribution in [0.1, 0.15) is 29.6 Å². The second-order valence-electron chi connectivity index (χ2n) is 6.26. The lowest BCUT2D eigenvalue weighted by atomic mass is 10.1. The highest BCUT2D eigenvalue weighted by Crippen LogP contribution is 2.33. The van der Waals surface area contributed by atoms with E-state index in [1.165, 1.54) is 12.1 Å². The molecule has 2 unspecified atom stereocenters. The first-order valence-corrected chi connectivity index (χ1v) is 8.23. The molecule has 4 heteroatoms. The van der Waals surface area contributed by atoms with Gasteiger partial charge in [-0.05, 0) is 61.7 Å². The fraction of sp³-hybridized carbons (Fsp3) is 0.250. The highest BCUT2D eigenvalue weighted by molar-refractivity contribution is 5.95.